The first-order valence-electron chi connectivity index (χ1n) is 20.1. The molecule has 6 aromatic carbocycles. The number of hydrogen-bond donors (Lipinski definition) is 0. The fourth-order valence-corrected chi connectivity index (χ4v) is 9.34. The fourth-order valence-electron chi connectivity index (χ4n) is 8.17. The van der Waals surface area contributed by atoms with E-state index in [1.165, 1.54) is 21.7 Å². The summed E-state index contributed by atoms with van der Waals surface area (Å²) in [6.07, 6.45) is 1.82. The van der Waals surface area contributed by atoms with Crippen molar-refractivity contribution in [3.8, 4) is 33.5 Å². The van der Waals surface area contributed by atoms with Gasteiger partial charge in [0.2, 0.25) is 5.69 Å². The van der Waals surface area contributed by atoms with E-state index >= 15 is 0 Å². The summed E-state index contributed by atoms with van der Waals surface area (Å²) in [4.78, 5) is 0. The molecule has 0 bridgehead atoms. The average molecular weight is 700 g/mol. The molecule has 0 saturated carbocycles. The Morgan fingerprint density at radius 2 is 1.25 bits per heavy atom. The van der Waals surface area contributed by atoms with Gasteiger partial charge in [-0.1, -0.05) is 137 Å². The lowest BCUT2D eigenvalue weighted by Gasteiger charge is -2.21. The van der Waals surface area contributed by atoms with E-state index < -0.39 is 14.9 Å². The summed E-state index contributed by atoms with van der Waals surface area (Å²) in [6, 6.07) is 37.5. The quantitative estimate of drug-likeness (QED) is 0.0959. The van der Waals surface area contributed by atoms with Crippen LogP contribution in [-0.4, -0.2) is 8.07 Å². The van der Waals surface area contributed by atoms with Crippen molar-refractivity contribution in [1.82, 2.24) is 0 Å². The molecule has 2 nitrogen and oxygen atoms in total. The van der Waals surface area contributed by atoms with E-state index in [-0.39, 0.29) is 11.8 Å². The zero-order chi connectivity index (χ0) is 39.1. The van der Waals surface area contributed by atoms with Crippen LogP contribution in [0.3, 0.4) is 0 Å². The van der Waals surface area contributed by atoms with Gasteiger partial charge in [-0.05, 0) is 92.8 Å². The van der Waals surface area contributed by atoms with E-state index in [0.29, 0.717) is 5.56 Å². The zero-order valence-electron chi connectivity index (χ0n) is 34.9. The van der Waals surface area contributed by atoms with E-state index in [1.807, 2.05) is 17.8 Å². The highest BCUT2D eigenvalue weighted by Crippen LogP contribution is 2.44. The summed E-state index contributed by atoms with van der Waals surface area (Å²) in [5.74, 6) is 0.427. The van der Waals surface area contributed by atoms with Crippen LogP contribution < -0.4 is 9.75 Å². The number of pyridine rings is 1. The van der Waals surface area contributed by atoms with Crippen molar-refractivity contribution in [1.29, 1.82) is 0 Å². The van der Waals surface area contributed by atoms with Crippen molar-refractivity contribution in [3.05, 3.63) is 132 Å². The molecule has 8 aromatic rings. The molecule has 0 fully saturated rings. The van der Waals surface area contributed by atoms with Gasteiger partial charge in [-0.15, -0.1) is 0 Å². The Hall–Kier alpha value is -4.99. The number of aryl methyl sites for hydroxylation is 3. The molecule has 8 rings (SSSR count). The van der Waals surface area contributed by atoms with E-state index in [9.17, 15) is 0 Å². The van der Waals surface area contributed by atoms with E-state index in [1.54, 1.807) is 0 Å². The summed E-state index contributed by atoms with van der Waals surface area (Å²) >= 11 is 0. The van der Waals surface area contributed by atoms with E-state index in [2.05, 4.69) is 157 Å². The molecule has 2 heterocycles. The molecule has 0 saturated heterocycles. The minimum absolute atomic E-state index is 0.214. The Labute approximate surface area is 314 Å². The maximum absolute atomic E-state index is 8.68. The maximum Gasteiger partial charge on any atom is 0.216 e. The Balaban J connectivity index is 1.37. The van der Waals surface area contributed by atoms with Gasteiger partial charge in [-0.3, -0.25) is 0 Å². The lowest BCUT2D eigenvalue weighted by atomic mass is 9.83. The standard InChI is InChI=1S/C49H50NOSi/c1-29(2)38-12-11-13-39(30(3)4)47(38)43-27-44(50(7)28-32(43)6)45-31(5)14-23-41-42-25-19-34-15-16-36-26-35(33-17-21-37(22-18-33)52(8,9)10)20-24-40(36)46(34)49(42)51-48(41)45/h11-30H,1-10H3/q+1/i6D3. The fraction of sp³-hybridized carbons (Fsp3) is 0.245. The first kappa shape index (κ1) is 30.6. The molecule has 0 unspecified atom stereocenters. The van der Waals surface area contributed by atoms with Gasteiger partial charge in [0.05, 0.1) is 13.6 Å². The summed E-state index contributed by atoms with van der Waals surface area (Å²) in [7, 11) is 0.570. The molecule has 0 aliphatic heterocycles. The number of fused-ring (bicyclic) bond motifs is 7. The van der Waals surface area contributed by atoms with Gasteiger partial charge in [0, 0.05) is 31.9 Å². The molecule has 0 radical (unpaired) electrons. The number of nitrogens with zero attached hydrogens (tertiary/aromatic N) is 1. The topological polar surface area (TPSA) is 17.0 Å². The highest BCUT2D eigenvalue weighted by Gasteiger charge is 2.26. The normalized spacial score (nSPS) is 13.5. The number of furan rings is 1. The molecule has 0 amide bonds. The van der Waals surface area contributed by atoms with Gasteiger partial charge < -0.3 is 4.42 Å². The minimum Gasteiger partial charge on any atom is -0.454 e. The Bertz CT molecular complexity index is 2780. The number of rotatable bonds is 6. The highest BCUT2D eigenvalue weighted by molar-refractivity contribution is 6.88. The van der Waals surface area contributed by atoms with Crippen molar-refractivity contribution in [2.45, 2.75) is 72.9 Å². The number of hydrogen-bond acceptors (Lipinski definition) is 1. The number of aromatic nitrogens is 1. The smallest absolute Gasteiger partial charge is 0.216 e. The monoisotopic (exact) mass is 699 g/mol. The van der Waals surface area contributed by atoms with Crippen LogP contribution in [0.4, 0.5) is 0 Å². The van der Waals surface area contributed by atoms with Crippen LogP contribution in [0.5, 0.6) is 0 Å². The Morgan fingerprint density at radius 3 is 1.92 bits per heavy atom. The van der Waals surface area contributed by atoms with E-state index in [4.69, 9.17) is 8.53 Å². The third kappa shape index (κ3) is 5.58. The predicted octanol–water partition coefficient (Wildman–Crippen LogP) is 13.1. The first-order valence-corrected chi connectivity index (χ1v) is 22.1. The second-order valence-corrected chi connectivity index (χ2v) is 21.4. The van der Waals surface area contributed by atoms with Crippen molar-refractivity contribution in [3.63, 3.8) is 0 Å². The molecule has 0 aliphatic carbocycles. The van der Waals surface area contributed by atoms with Crippen LogP contribution in [0, 0.1) is 13.8 Å². The summed E-state index contributed by atoms with van der Waals surface area (Å²) in [5, 5.41) is 8.13. The summed E-state index contributed by atoms with van der Waals surface area (Å²) in [5.41, 5.74) is 11.5. The van der Waals surface area contributed by atoms with Crippen LogP contribution >= 0.6 is 0 Å². The van der Waals surface area contributed by atoms with Crippen molar-refractivity contribution >= 4 is 56.7 Å². The second kappa shape index (κ2) is 12.6. The maximum atomic E-state index is 8.68. The van der Waals surface area contributed by atoms with Crippen LogP contribution in [0.15, 0.2) is 114 Å². The van der Waals surface area contributed by atoms with Crippen molar-refractivity contribution in [2.75, 3.05) is 0 Å². The van der Waals surface area contributed by atoms with Gasteiger partial charge in [-0.2, -0.15) is 0 Å². The first-order chi connectivity index (χ1) is 26.0. The van der Waals surface area contributed by atoms with E-state index in [0.717, 1.165) is 77.2 Å². The molecule has 2 aromatic heterocycles. The molecular weight excluding hydrogens is 647 g/mol. The molecule has 0 N–H and O–H groups in total. The van der Waals surface area contributed by atoms with Gasteiger partial charge in [0.1, 0.15) is 18.2 Å². The summed E-state index contributed by atoms with van der Waals surface area (Å²) < 4.78 is 35.1. The number of benzene rings is 6. The lowest BCUT2D eigenvalue weighted by Crippen LogP contribution is -2.37. The van der Waals surface area contributed by atoms with Crippen LogP contribution in [-0.2, 0) is 7.05 Å². The van der Waals surface area contributed by atoms with Crippen LogP contribution in [0.25, 0.3) is 77.0 Å². The molecule has 260 valence electrons. The lowest BCUT2D eigenvalue weighted by molar-refractivity contribution is -0.660. The Kier molecular flexibility index (Phi) is 7.42. The molecule has 0 spiro atoms. The van der Waals surface area contributed by atoms with Crippen LogP contribution in [0.2, 0.25) is 19.6 Å². The summed E-state index contributed by atoms with van der Waals surface area (Å²) in [6.45, 7) is 15.7. The SMILES string of the molecule is [2H]C([2H])([2H])c1c[n+](C)c(-c2c(C)ccc3c2oc2c3ccc3ccc4cc(-c5ccc([Si](C)(C)C)cc5)ccc4c32)cc1-c1c(C(C)C)cccc1C(C)C. The van der Waals surface area contributed by atoms with Gasteiger partial charge in [0.25, 0.3) is 0 Å². The molecule has 3 heteroatoms. The van der Waals surface area contributed by atoms with Gasteiger partial charge >= 0.3 is 0 Å². The minimum atomic E-state index is -2.30. The second-order valence-electron chi connectivity index (χ2n) is 16.3. The zero-order valence-corrected chi connectivity index (χ0v) is 32.9. The molecule has 52 heavy (non-hydrogen) atoms. The largest absolute Gasteiger partial charge is 0.454 e. The van der Waals surface area contributed by atoms with Gasteiger partial charge in [-0.25, -0.2) is 4.57 Å². The Morgan fingerprint density at radius 1 is 0.635 bits per heavy atom. The van der Waals surface area contributed by atoms with Gasteiger partial charge in [0.15, 0.2) is 6.20 Å². The predicted molar refractivity (Wildman–Crippen MR) is 227 cm³/mol. The third-order valence-electron chi connectivity index (χ3n) is 11.1. The van der Waals surface area contributed by atoms with Crippen molar-refractivity contribution < 1.29 is 13.1 Å². The van der Waals surface area contributed by atoms with Crippen molar-refractivity contribution in [2.24, 2.45) is 7.05 Å². The highest BCUT2D eigenvalue weighted by atomic mass is 28.3. The molecular formula is C49H50NOSi+. The molecule has 0 atom stereocenters. The average Bonchev–Trinajstić information content (AvgIpc) is 3.52. The third-order valence-corrected chi connectivity index (χ3v) is 13.1. The molecule has 0 aliphatic rings. The van der Waals surface area contributed by atoms with Crippen LogP contribution in [0.1, 0.15) is 65.9 Å².